The van der Waals surface area contributed by atoms with Crippen LogP contribution in [-0.4, -0.2) is 39.1 Å². The van der Waals surface area contributed by atoms with Gasteiger partial charge in [0.15, 0.2) is 0 Å². The molecule has 6 nitrogen and oxygen atoms in total. The summed E-state index contributed by atoms with van der Waals surface area (Å²) in [7, 11) is 5.48. The van der Waals surface area contributed by atoms with Gasteiger partial charge in [-0.25, -0.2) is 0 Å². The number of ether oxygens (including phenoxy) is 1. The predicted molar refractivity (Wildman–Crippen MR) is 187 cm³/mol. The van der Waals surface area contributed by atoms with Crippen LogP contribution >= 0.6 is 0 Å². The normalized spacial score (nSPS) is 15.3. The zero-order chi connectivity index (χ0) is 32.6. The number of carbonyl (C=O) groups excluding carboxylic acids is 2. The van der Waals surface area contributed by atoms with Crippen molar-refractivity contribution in [1.82, 2.24) is 5.32 Å². The number of fused-ring (bicyclic) bond motifs is 2. The van der Waals surface area contributed by atoms with E-state index in [9.17, 15) is 9.59 Å². The molecule has 2 aliphatic rings. The molecule has 0 radical (unpaired) electrons. The number of hydrogen-bond acceptors (Lipinski definition) is 5. The van der Waals surface area contributed by atoms with Crippen LogP contribution in [0, 0.1) is 0 Å². The van der Waals surface area contributed by atoms with E-state index in [-0.39, 0.29) is 11.9 Å². The van der Waals surface area contributed by atoms with E-state index in [1.807, 2.05) is 97.9 Å². The molecule has 47 heavy (non-hydrogen) atoms. The van der Waals surface area contributed by atoms with Crippen LogP contribution in [0.3, 0.4) is 0 Å². The maximum atomic E-state index is 13.8. The minimum Gasteiger partial charge on any atom is -0.468 e. The zero-order valence-corrected chi connectivity index (χ0v) is 27.0. The van der Waals surface area contributed by atoms with Crippen LogP contribution in [0.1, 0.15) is 40.7 Å². The highest BCUT2D eigenvalue weighted by atomic mass is 16.5. The van der Waals surface area contributed by atoms with Gasteiger partial charge in [-0.2, -0.15) is 0 Å². The second-order valence-electron chi connectivity index (χ2n) is 12.8. The molecule has 1 aliphatic carbocycles. The summed E-state index contributed by atoms with van der Waals surface area (Å²) in [5, 5.41) is 3.80. The van der Waals surface area contributed by atoms with Gasteiger partial charge in [0.25, 0.3) is 0 Å². The van der Waals surface area contributed by atoms with Gasteiger partial charge in [-0.05, 0) is 77.4 Å². The molecule has 1 aliphatic heterocycles. The average Bonchev–Trinajstić information content (AvgIpc) is 3.90. The van der Waals surface area contributed by atoms with Gasteiger partial charge in [0.1, 0.15) is 6.04 Å². The van der Waals surface area contributed by atoms with Crippen molar-refractivity contribution in [3.05, 3.63) is 161 Å². The summed E-state index contributed by atoms with van der Waals surface area (Å²) in [5.74, 6) is -0.208. The second-order valence-corrected chi connectivity index (χ2v) is 12.8. The fourth-order valence-electron chi connectivity index (χ4n) is 7.11. The van der Waals surface area contributed by atoms with Gasteiger partial charge in [0.2, 0.25) is 5.91 Å². The summed E-state index contributed by atoms with van der Waals surface area (Å²) in [6, 6.07) is 44.3. The lowest BCUT2D eigenvalue weighted by Gasteiger charge is -2.39. The lowest BCUT2D eigenvalue weighted by Crippen LogP contribution is -2.53. The van der Waals surface area contributed by atoms with Gasteiger partial charge in [-0.3, -0.25) is 19.8 Å². The summed E-state index contributed by atoms with van der Waals surface area (Å²) in [6.07, 6.45) is 2.15. The Hall–Kier alpha value is -5.20. The number of nitrogens with one attached hydrogen (secondary N) is 1. The molecule has 1 saturated carbocycles. The van der Waals surface area contributed by atoms with Crippen molar-refractivity contribution in [3.63, 3.8) is 0 Å². The quantitative estimate of drug-likeness (QED) is 0.133. The minimum absolute atomic E-state index is 0.142. The van der Waals surface area contributed by atoms with E-state index in [2.05, 4.69) is 64.8 Å². The molecule has 7 rings (SSSR count). The minimum atomic E-state index is -0.835. The summed E-state index contributed by atoms with van der Waals surface area (Å²) in [4.78, 5) is 31.3. The summed E-state index contributed by atoms with van der Waals surface area (Å²) < 4.78 is 5.39. The Balaban J connectivity index is 1.24. The molecule has 0 unspecified atom stereocenters. The topological polar surface area (TPSA) is 61.9 Å². The first-order chi connectivity index (χ1) is 22.9. The Kier molecular flexibility index (Phi) is 7.90. The monoisotopic (exact) mass is 621 g/mol. The fraction of sp³-hybridized carbons (Fsp3) is 0.220. The Morgan fingerprint density at radius 2 is 1.34 bits per heavy atom. The number of hydrogen-bond donors (Lipinski definition) is 1. The zero-order valence-electron chi connectivity index (χ0n) is 27.0. The average molecular weight is 622 g/mol. The molecule has 1 spiro atoms. The van der Waals surface area contributed by atoms with E-state index in [1.54, 1.807) is 0 Å². The first-order valence-corrected chi connectivity index (χ1v) is 16.1. The lowest BCUT2D eigenvalue weighted by molar-refractivity contribution is -0.143. The highest BCUT2D eigenvalue weighted by Gasteiger charge is 2.59. The summed E-state index contributed by atoms with van der Waals surface area (Å²) in [6.45, 7) is 0. The van der Waals surface area contributed by atoms with Gasteiger partial charge in [0, 0.05) is 25.5 Å². The Labute approximate surface area is 276 Å². The Morgan fingerprint density at radius 3 is 1.81 bits per heavy atom. The van der Waals surface area contributed by atoms with Gasteiger partial charge in [-0.15, -0.1) is 0 Å². The van der Waals surface area contributed by atoms with Crippen LogP contribution < -0.4 is 15.1 Å². The van der Waals surface area contributed by atoms with Crippen molar-refractivity contribution in [2.45, 2.75) is 36.3 Å². The second kappa shape index (κ2) is 12.2. The number of esters is 1. The first kappa shape index (κ1) is 30.5. The smallest absolute Gasteiger partial charge is 0.323 e. The van der Waals surface area contributed by atoms with Crippen LogP contribution in [0.25, 0.3) is 0 Å². The first-order valence-electron chi connectivity index (χ1n) is 16.1. The van der Waals surface area contributed by atoms with Gasteiger partial charge < -0.3 is 9.64 Å². The van der Waals surface area contributed by atoms with Gasteiger partial charge >= 0.3 is 5.97 Å². The Morgan fingerprint density at radius 1 is 0.809 bits per heavy atom. The van der Waals surface area contributed by atoms with Gasteiger partial charge in [-0.1, -0.05) is 103 Å². The fourth-order valence-corrected chi connectivity index (χ4v) is 7.11. The molecule has 1 atom stereocenters. The maximum absolute atomic E-state index is 13.8. The molecule has 1 N–H and O–H groups in total. The van der Waals surface area contributed by atoms with E-state index < -0.39 is 17.0 Å². The molecule has 0 saturated heterocycles. The molecule has 6 heteroatoms. The number of benzene rings is 5. The third-order valence-electron chi connectivity index (χ3n) is 9.75. The molecule has 1 fully saturated rings. The molecule has 236 valence electrons. The summed E-state index contributed by atoms with van der Waals surface area (Å²) >= 11 is 0. The summed E-state index contributed by atoms with van der Waals surface area (Å²) in [5.41, 5.74) is 6.75. The number of nitrogens with zero attached hydrogens (tertiary/aromatic N) is 2. The van der Waals surface area contributed by atoms with Crippen molar-refractivity contribution in [1.29, 1.82) is 0 Å². The third-order valence-corrected chi connectivity index (χ3v) is 9.75. The molecular formula is C41H39N3O3. The number of rotatable bonds is 10. The van der Waals surface area contributed by atoms with E-state index in [4.69, 9.17) is 4.74 Å². The van der Waals surface area contributed by atoms with Crippen LogP contribution in [0.5, 0.6) is 0 Å². The van der Waals surface area contributed by atoms with Crippen molar-refractivity contribution in [2.24, 2.45) is 0 Å². The molecule has 0 aromatic heterocycles. The molecule has 1 amide bonds. The van der Waals surface area contributed by atoms with Crippen molar-refractivity contribution < 1.29 is 14.3 Å². The molecule has 5 aromatic rings. The third kappa shape index (κ3) is 5.29. The van der Waals surface area contributed by atoms with Crippen LogP contribution in [0.4, 0.5) is 17.1 Å². The lowest BCUT2D eigenvalue weighted by atomic mass is 9.76. The largest absolute Gasteiger partial charge is 0.468 e. The predicted octanol–water partition coefficient (Wildman–Crippen LogP) is 7.13. The standard InChI is InChI=1S/C41H39N3O3/c1-43(2)34-23-24-37-35(28-34)40(25-26-40)39(46)44(37)33-21-19-29(20-22-33)27-36(38(45)47-3)42-41(30-13-7-4-8-14-30,31-15-9-5-10-16-31)32-17-11-6-12-18-32/h4-24,28,36,42H,25-27H2,1-3H3/t36-/m0/s1. The maximum Gasteiger partial charge on any atom is 0.323 e. The number of carbonyl (C=O) groups is 2. The Bertz CT molecular complexity index is 1790. The number of anilines is 3. The number of methoxy groups -OCH3 is 1. The SMILES string of the molecule is COC(=O)[C@H](Cc1ccc(N2C(=O)C3(CC3)c3cc(N(C)C)ccc32)cc1)NC(c1ccccc1)(c1ccccc1)c1ccccc1. The number of amides is 1. The van der Waals surface area contributed by atoms with Crippen LogP contribution in [0.15, 0.2) is 133 Å². The van der Waals surface area contributed by atoms with Crippen LogP contribution in [-0.2, 0) is 31.7 Å². The van der Waals surface area contributed by atoms with Crippen molar-refractivity contribution in [2.75, 3.05) is 31.0 Å². The van der Waals surface area contributed by atoms with Crippen molar-refractivity contribution in [3.8, 4) is 0 Å². The van der Waals surface area contributed by atoms with E-state index in [1.165, 1.54) is 7.11 Å². The van der Waals surface area contributed by atoms with E-state index >= 15 is 0 Å². The molecular weight excluding hydrogens is 582 g/mol. The highest BCUT2D eigenvalue weighted by Crippen LogP contribution is 2.59. The van der Waals surface area contributed by atoms with Crippen LogP contribution in [0.2, 0.25) is 0 Å². The molecule has 0 bridgehead atoms. The van der Waals surface area contributed by atoms with Crippen molar-refractivity contribution >= 4 is 28.9 Å². The van der Waals surface area contributed by atoms with Gasteiger partial charge in [0.05, 0.1) is 23.8 Å². The van der Waals surface area contributed by atoms with E-state index in [0.717, 1.165) is 57.7 Å². The van der Waals surface area contributed by atoms with E-state index in [0.29, 0.717) is 6.42 Å². The highest BCUT2D eigenvalue weighted by molar-refractivity contribution is 6.15. The molecule has 5 aromatic carbocycles. The molecule has 1 heterocycles.